The van der Waals surface area contributed by atoms with E-state index in [0.717, 1.165) is 0 Å². The van der Waals surface area contributed by atoms with Gasteiger partial charge in [-0.05, 0) is 31.2 Å². The maximum atomic E-state index is 2.80. The third-order valence-corrected chi connectivity index (χ3v) is 4.62. The van der Waals surface area contributed by atoms with Crippen LogP contribution in [0.25, 0.3) is 0 Å². The zero-order valence-corrected chi connectivity index (χ0v) is 14.0. The molecule has 0 radical (unpaired) electrons. The van der Waals surface area contributed by atoms with Crippen LogP contribution in [0.3, 0.4) is 0 Å². The van der Waals surface area contributed by atoms with Crippen LogP contribution >= 0.6 is 22.6 Å². The van der Waals surface area contributed by atoms with Gasteiger partial charge in [0.15, 0.2) is 0 Å². The Hall–Kier alpha value is 0.650. The lowest BCUT2D eigenvalue weighted by Crippen LogP contribution is -2.56. The van der Waals surface area contributed by atoms with Crippen LogP contribution in [-0.4, -0.2) is 53.5 Å². The quantitative estimate of drug-likeness (QED) is 0.555. The fraction of sp³-hybridized carbons (Fsp3) is 1.00. The molecule has 0 spiro atoms. The van der Waals surface area contributed by atoms with Gasteiger partial charge in [-0.1, -0.05) is 48.8 Å². The van der Waals surface area contributed by atoms with Gasteiger partial charge in [0.25, 0.3) is 0 Å². The van der Waals surface area contributed by atoms with Crippen molar-refractivity contribution < 1.29 is 0 Å². The summed E-state index contributed by atoms with van der Waals surface area (Å²) < 4.78 is 0. The highest BCUT2D eigenvalue weighted by Gasteiger charge is 2.36. The number of piperazine rings is 1. The standard InChI is InChI=1S/C13H26N2.CH3I/c1-3-13(7-5-4-6-8-13)15-11-9-14(2)10-12-15;1-2/h3-12H2,1-2H3;1H3. The maximum absolute atomic E-state index is 2.80. The number of halogens is 1. The minimum atomic E-state index is 0.583. The third kappa shape index (κ3) is 4.06. The van der Waals surface area contributed by atoms with Gasteiger partial charge in [0.1, 0.15) is 0 Å². The van der Waals surface area contributed by atoms with E-state index in [1.807, 2.05) is 4.93 Å². The van der Waals surface area contributed by atoms with Crippen molar-refractivity contribution in [3.8, 4) is 0 Å². The molecule has 17 heavy (non-hydrogen) atoms. The molecule has 1 aliphatic heterocycles. The molecule has 1 aliphatic carbocycles. The number of nitrogens with zero attached hydrogens (tertiary/aromatic N) is 2. The lowest BCUT2D eigenvalue weighted by atomic mass is 9.78. The van der Waals surface area contributed by atoms with Gasteiger partial charge in [0.2, 0.25) is 0 Å². The predicted octanol–water partition coefficient (Wildman–Crippen LogP) is 3.40. The molecule has 2 nitrogen and oxygen atoms in total. The topological polar surface area (TPSA) is 6.48 Å². The highest BCUT2D eigenvalue weighted by atomic mass is 127. The summed E-state index contributed by atoms with van der Waals surface area (Å²) in [7, 11) is 2.25. The zero-order valence-electron chi connectivity index (χ0n) is 11.8. The Bertz CT molecular complexity index is 194. The van der Waals surface area contributed by atoms with Gasteiger partial charge in [0.05, 0.1) is 0 Å². The molecule has 0 N–H and O–H groups in total. The van der Waals surface area contributed by atoms with E-state index in [0.29, 0.717) is 5.54 Å². The lowest BCUT2D eigenvalue weighted by Gasteiger charge is -2.49. The number of hydrogen-bond donors (Lipinski definition) is 0. The summed E-state index contributed by atoms with van der Waals surface area (Å²) in [5.74, 6) is 0. The van der Waals surface area contributed by atoms with Crippen molar-refractivity contribution in [2.45, 2.75) is 51.0 Å². The van der Waals surface area contributed by atoms with Crippen molar-refractivity contribution in [3.63, 3.8) is 0 Å². The van der Waals surface area contributed by atoms with Gasteiger partial charge >= 0.3 is 0 Å². The minimum absolute atomic E-state index is 0.583. The second-order valence-electron chi connectivity index (χ2n) is 5.43. The fourth-order valence-corrected chi connectivity index (χ4v) is 3.38. The summed E-state index contributed by atoms with van der Waals surface area (Å²) >= 11 is 2.15. The van der Waals surface area contributed by atoms with Crippen LogP contribution < -0.4 is 0 Å². The fourth-order valence-electron chi connectivity index (χ4n) is 3.38. The molecule has 102 valence electrons. The number of hydrogen-bond acceptors (Lipinski definition) is 2. The van der Waals surface area contributed by atoms with E-state index in [-0.39, 0.29) is 0 Å². The number of alkyl halides is 1. The Balaban J connectivity index is 0.000000686. The van der Waals surface area contributed by atoms with Gasteiger partial charge in [-0.25, -0.2) is 0 Å². The summed E-state index contributed by atoms with van der Waals surface area (Å²) in [6.45, 7) is 7.52. The molecule has 3 heteroatoms. The number of likely N-dealkylation sites (N-methyl/N-ethyl adjacent to an activating group) is 1. The molecular weight excluding hydrogens is 323 g/mol. The maximum Gasteiger partial charge on any atom is 0.0208 e. The van der Waals surface area contributed by atoms with E-state index in [1.165, 1.54) is 64.7 Å². The predicted molar refractivity (Wildman–Crippen MR) is 85.1 cm³/mol. The van der Waals surface area contributed by atoms with Crippen molar-refractivity contribution in [2.24, 2.45) is 0 Å². The molecule has 1 heterocycles. The van der Waals surface area contributed by atoms with Crippen molar-refractivity contribution in [3.05, 3.63) is 0 Å². The Labute approximate surface area is 121 Å². The summed E-state index contributed by atoms with van der Waals surface area (Å²) in [5.41, 5.74) is 0.583. The monoisotopic (exact) mass is 352 g/mol. The molecular formula is C14H29IN2. The molecule has 2 aliphatic rings. The van der Waals surface area contributed by atoms with Crippen LogP contribution in [-0.2, 0) is 0 Å². The second kappa shape index (κ2) is 7.95. The molecule has 0 atom stereocenters. The van der Waals surface area contributed by atoms with E-state index >= 15 is 0 Å². The van der Waals surface area contributed by atoms with E-state index < -0.39 is 0 Å². The summed E-state index contributed by atoms with van der Waals surface area (Å²) in [5, 5.41) is 0. The first-order chi connectivity index (χ1) is 8.27. The van der Waals surface area contributed by atoms with E-state index in [9.17, 15) is 0 Å². The first-order valence-corrected chi connectivity index (χ1v) is 9.24. The molecule has 2 rings (SSSR count). The largest absolute Gasteiger partial charge is 0.304 e. The Morgan fingerprint density at radius 1 is 0.941 bits per heavy atom. The first kappa shape index (κ1) is 15.7. The first-order valence-electron chi connectivity index (χ1n) is 7.08. The van der Waals surface area contributed by atoms with Crippen LogP contribution in [0.5, 0.6) is 0 Å². The summed E-state index contributed by atoms with van der Waals surface area (Å²) in [6.07, 6.45) is 8.65. The van der Waals surface area contributed by atoms with Crippen LogP contribution in [0.2, 0.25) is 0 Å². The van der Waals surface area contributed by atoms with Crippen LogP contribution in [0.15, 0.2) is 0 Å². The Morgan fingerprint density at radius 3 is 1.94 bits per heavy atom. The lowest BCUT2D eigenvalue weighted by molar-refractivity contribution is 0.0108. The third-order valence-electron chi connectivity index (χ3n) is 4.62. The number of rotatable bonds is 2. The Kier molecular flexibility index (Phi) is 7.34. The van der Waals surface area contributed by atoms with Crippen LogP contribution in [0, 0.1) is 0 Å². The zero-order chi connectivity index (χ0) is 12.7. The smallest absolute Gasteiger partial charge is 0.0208 e. The van der Waals surface area contributed by atoms with Crippen LogP contribution in [0.4, 0.5) is 0 Å². The van der Waals surface area contributed by atoms with E-state index in [4.69, 9.17) is 0 Å². The van der Waals surface area contributed by atoms with Crippen molar-refractivity contribution in [2.75, 3.05) is 38.2 Å². The van der Waals surface area contributed by atoms with E-state index in [2.05, 4.69) is 46.4 Å². The molecule has 1 saturated heterocycles. The summed E-state index contributed by atoms with van der Waals surface area (Å²) in [6, 6.07) is 0. The van der Waals surface area contributed by atoms with Gasteiger partial charge in [-0.3, -0.25) is 4.90 Å². The van der Waals surface area contributed by atoms with Gasteiger partial charge in [0, 0.05) is 31.7 Å². The Morgan fingerprint density at radius 2 is 1.47 bits per heavy atom. The van der Waals surface area contributed by atoms with Crippen molar-refractivity contribution in [1.82, 2.24) is 9.80 Å². The highest BCUT2D eigenvalue weighted by molar-refractivity contribution is 14.1. The molecule has 1 saturated carbocycles. The van der Waals surface area contributed by atoms with Gasteiger partial charge in [-0.15, -0.1) is 0 Å². The molecule has 0 amide bonds. The molecule has 0 aromatic rings. The molecule has 0 bridgehead atoms. The second-order valence-corrected chi connectivity index (χ2v) is 5.43. The molecule has 0 aromatic carbocycles. The minimum Gasteiger partial charge on any atom is -0.304 e. The summed E-state index contributed by atoms with van der Waals surface area (Å²) in [4.78, 5) is 7.23. The van der Waals surface area contributed by atoms with Gasteiger partial charge < -0.3 is 4.90 Å². The normalized spacial score (nSPS) is 26.1. The SMILES string of the molecule is CCC1(N2CCN(C)CC2)CCCCC1.CI. The van der Waals surface area contributed by atoms with Crippen molar-refractivity contribution in [1.29, 1.82) is 0 Å². The van der Waals surface area contributed by atoms with Crippen LogP contribution in [0.1, 0.15) is 45.4 Å². The highest BCUT2D eigenvalue weighted by Crippen LogP contribution is 2.36. The average Bonchev–Trinajstić information content (AvgIpc) is 2.42. The average molecular weight is 352 g/mol. The van der Waals surface area contributed by atoms with Crippen molar-refractivity contribution >= 4 is 22.6 Å². The molecule has 0 aromatic heterocycles. The van der Waals surface area contributed by atoms with Gasteiger partial charge in [-0.2, -0.15) is 0 Å². The molecule has 0 unspecified atom stereocenters. The van der Waals surface area contributed by atoms with E-state index in [1.54, 1.807) is 0 Å². The molecule has 2 fully saturated rings.